The summed E-state index contributed by atoms with van der Waals surface area (Å²) in [5, 5.41) is 4.33. The van der Waals surface area contributed by atoms with Crippen molar-refractivity contribution in [1.82, 2.24) is 5.43 Å². The molecule has 4 aromatic carbocycles. The molecule has 0 aliphatic carbocycles. The van der Waals surface area contributed by atoms with Crippen molar-refractivity contribution in [2.75, 3.05) is 10.8 Å². The highest BCUT2D eigenvalue weighted by Crippen LogP contribution is 2.26. The minimum atomic E-state index is -4.03. The van der Waals surface area contributed by atoms with Crippen molar-refractivity contribution in [1.29, 1.82) is 0 Å². The summed E-state index contributed by atoms with van der Waals surface area (Å²) in [6, 6.07) is 29.6. The van der Waals surface area contributed by atoms with Crippen LogP contribution in [0.15, 0.2) is 113 Å². The predicted octanol–water partition coefficient (Wildman–Crippen LogP) is 5.57. The minimum Gasteiger partial charge on any atom is -0.489 e. The van der Waals surface area contributed by atoms with Gasteiger partial charge < -0.3 is 4.74 Å². The summed E-state index contributed by atoms with van der Waals surface area (Å²) in [6.07, 6.45) is 1.47. The Morgan fingerprint density at radius 2 is 1.66 bits per heavy atom. The summed E-state index contributed by atoms with van der Waals surface area (Å²) in [5.74, 6) is 0.0915. The van der Waals surface area contributed by atoms with Crippen molar-refractivity contribution >= 4 is 39.4 Å². The third kappa shape index (κ3) is 7.21. The van der Waals surface area contributed by atoms with Crippen LogP contribution in [0.4, 0.5) is 5.69 Å². The number of amides is 1. The van der Waals surface area contributed by atoms with Gasteiger partial charge in [-0.05, 0) is 72.6 Å². The number of hydrogen-bond acceptors (Lipinski definition) is 5. The Morgan fingerprint density at radius 3 is 2.34 bits per heavy atom. The molecule has 9 heteroatoms. The van der Waals surface area contributed by atoms with Gasteiger partial charge in [0.15, 0.2) is 0 Å². The topological polar surface area (TPSA) is 88.1 Å². The number of nitrogens with one attached hydrogen (secondary N) is 1. The van der Waals surface area contributed by atoms with Crippen molar-refractivity contribution in [3.05, 3.63) is 125 Å². The van der Waals surface area contributed by atoms with Gasteiger partial charge in [0.2, 0.25) is 0 Å². The number of carbonyl (C=O) groups excluding carboxylic acids is 1. The smallest absolute Gasteiger partial charge is 0.264 e. The number of hydrazone groups is 1. The molecule has 194 valence electrons. The van der Waals surface area contributed by atoms with Crippen LogP contribution in [-0.4, -0.2) is 27.1 Å². The maximum atomic E-state index is 13.3. The summed E-state index contributed by atoms with van der Waals surface area (Å²) in [7, 11) is -4.03. The number of rotatable bonds is 10. The molecular formula is C29H26ClN3O4S. The molecule has 0 radical (unpaired) electrons. The molecule has 0 saturated carbocycles. The van der Waals surface area contributed by atoms with E-state index in [4.69, 9.17) is 16.3 Å². The zero-order chi connectivity index (χ0) is 27.0. The van der Waals surface area contributed by atoms with E-state index in [1.165, 1.54) is 30.0 Å². The van der Waals surface area contributed by atoms with Crippen molar-refractivity contribution in [2.24, 2.45) is 5.10 Å². The van der Waals surface area contributed by atoms with Crippen LogP contribution in [0.3, 0.4) is 0 Å². The van der Waals surface area contributed by atoms with E-state index in [2.05, 4.69) is 10.5 Å². The van der Waals surface area contributed by atoms with Crippen molar-refractivity contribution in [3.63, 3.8) is 0 Å². The Balaban J connectivity index is 1.39. The predicted molar refractivity (Wildman–Crippen MR) is 150 cm³/mol. The Kier molecular flexibility index (Phi) is 8.78. The first-order valence-electron chi connectivity index (χ1n) is 11.7. The second-order valence-corrected chi connectivity index (χ2v) is 10.7. The Morgan fingerprint density at radius 1 is 0.947 bits per heavy atom. The molecule has 7 nitrogen and oxygen atoms in total. The van der Waals surface area contributed by atoms with Gasteiger partial charge in [-0.2, -0.15) is 5.10 Å². The number of carbonyl (C=O) groups is 1. The van der Waals surface area contributed by atoms with Crippen molar-refractivity contribution in [2.45, 2.75) is 18.4 Å². The van der Waals surface area contributed by atoms with E-state index in [1.54, 1.807) is 48.5 Å². The number of benzene rings is 4. The van der Waals surface area contributed by atoms with Gasteiger partial charge in [-0.15, -0.1) is 0 Å². The highest BCUT2D eigenvalue weighted by Gasteiger charge is 2.27. The lowest BCUT2D eigenvalue weighted by molar-refractivity contribution is -0.119. The number of halogens is 1. The molecule has 4 aromatic rings. The van der Waals surface area contributed by atoms with Crippen LogP contribution in [0.2, 0.25) is 5.02 Å². The van der Waals surface area contributed by atoms with Gasteiger partial charge in [-0.25, -0.2) is 13.8 Å². The molecule has 0 spiro atoms. The highest BCUT2D eigenvalue weighted by atomic mass is 35.5. The molecule has 4 rings (SSSR count). The first-order valence-corrected chi connectivity index (χ1v) is 13.6. The zero-order valence-electron chi connectivity index (χ0n) is 20.6. The number of hydrogen-bond donors (Lipinski definition) is 1. The second-order valence-electron chi connectivity index (χ2n) is 8.44. The first kappa shape index (κ1) is 26.9. The molecule has 0 bridgehead atoms. The molecule has 0 saturated heterocycles. The van der Waals surface area contributed by atoms with Gasteiger partial charge >= 0.3 is 0 Å². The summed E-state index contributed by atoms with van der Waals surface area (Å²) >= 11 is 6.09. The van der Waals surface area contributed by atoms with Crippen molar-refractivity contribution < 1.29 is 17.9 Å². The lowest BCUT2D eigenvalue weighted by Crippen LogP contribution is -2.39. The summed E-state index contributed by atoms with van der Waals surface area (Å²) in [4.78, 5) is 12.7. The molecule has 1 N–H and O–H groups in total. The fraction of sp³-hybridized carbons (Fsp3) is 0.103. The van der Waals surface area contributed by atoms with E-state index < -0.39 is 22.5 Å². The third-order valence-corrected chi connectivity index (χ3v) is 7.55. The van der Waals surface area contributed by atoms with E-state index in [0.29, 0.717) is 17.4 Å². The fourth-order valence-corrected chi connectivity index (χ4v) is 5.13. The van der Waals surface area contributed by atoms with Crippen LogP contribution in [-0.2, 0) is 21.4 Å². The Hall–Kier alpha value is -4.14. The van der Waals surface area contributed by atoms with Crippen LogP contribution in [0.25, 0.3) is 0 Å². The van der Waals surface area contributed by atoms with Crippen LogP contribution in [0, 0.1) is 6.92 Å². The monoisotopic (exact) mass is 547 g/mol. The second kappa shape index (κ2) is 12.4. The average Bonchev–Trinajstić information content (AvgIpc) is 2.92. The zero-order valence-corrected chi connectivity index (χ0v) is 22.2. The van der Waals surface area contributed by atoms with E-state index >= 15 is 0 Å². The summed E-state index contributed by atoms with van der Waals surface area (Å²) < 4.78 is 33.4. The van der Waals surface area contributed by atoms with Crippen LogP contribution < -0.4 is 14.5 Å². The van der Waals surface area contributed by atoms with E-state index in [9.17, 15) is 13.2 Å². The van der Waals surface area contributed by atoms with E-state index in [-0.39, 0.29) is 10.6 Å². The van der Waals surface area contributed by atoms with Gasteiger partial charge in [0.1, 0.15) is 18.9 Å². The van der Waals surface area contributed by atoms with Crippen LogP contribution in [0.5, 0.6) is 5.75 Å². The molecule has 0 fully saturated rings. The number of aryl methyl sites for hydroxylation is 1. The molecule has 0 aromatic heterocycles. The number of nitrogens with zero attached hydrogens (tertiary/aromatic N) is 2. The van der Waals surface area contributed by atoms with Gasteiger partial charge in [0.05, 0.1) is 16.8 Å². The SMILES string of the molecule is Cc1ccc(COc2ccc(/C=N/NC(=O)CN(c3cccc(Cl)c3)S(=O)(=O)c3ccccc3)cc2)cc1. The van der Waals surface area contributed by atoms with Crippen molar-refractivity contribution in [3.8, 4) is 5.75 Å². The Labute approximate surface area is 227 Å². The maximum Gasteiger partial charge on any atom is 0.264 e. The Bertz CT molecular complexity index is 1510. The summed E-state index contributed by atoms with van der Waals surface area (Å²) in [6.45, 7) is 2.01. The lowest BCUT2D eigenvalue weighted by atomic mass is 10.2. The molecular weight excluding hydrogens is 522 g/mol. The maximum absolute atomic E-state index is 13.3. The number of anilines is 1. The highest BCUT2D eigenvalue weighted by molar-refractivity contribution is 7.92. The lowest BCUT2D eigenvalue weighted by Gasteiger charge is -2.23. The largest absolute Gasteiger partial charge is 0.489 e. The van der Waals surface area contributed by atoms with Gasteiger partial charge in [0, 0.05) is 5.02 Å². The van der Waals surface area contributed by atoms with Gasteiger partial charge in [-0.1, -0.05) is 65.7 Å². The average molecular weight is 548 g/mol. The third-order valence-electron chi connectivity index (χ3n) is 5.52. The molecule has 0 atom stereocenters. The normalized spacial score (nSPS) is 11.3. The fourth-order valence-electron chi connectivity index (χ4n) is 3.51. The number of ether oxygens (including phenoxy) is 1. The molecule has 0 unspecified atom stereocenters. The quantitative estimate of drug-likeness (QED) is 0.207. The number of sulfonamides is 1. The molecule has 0 heterocycles. The molecule has 1 amide bonds. The molecule has 38 heavy (non-hydrogen) atoms. The van der Waals surface area contributed by atoms with Crippen LogP contribution >= 0.6 is 11.6 Å². The van der Waals surface area contributed by atoms with Gasteiger partial charge in [0.25, 0.3) is 15.9 Å². The van der Waals surface area contributed by atoms with Crippen LogP contribution in [0.1, 0.15) is 16.7 Å². The summed E-state index contributed by atoms with van der Waals surface area (Å²) in [5.41, 5.74) is 5.66. The standard InChI is InChI=1S/C29H26ClN3O4S/c1-22-10-12-24(13-11-22)21-37-27-16-14-23(15-17-27)19-31-32-29(34)20-33(26-7-5-6-25(30)18-26)38(35,36)28-8-3-2-4-9-28/h2-19H,20-21H2,1H3,(H,32,34)/b31-19+. The molecule has 0 aliphatic heterocycles. The van der Waals surface area contributed by atoms with E-state index in [0.717, 1.165) is 15.4 Å². The first-order chi connectivity index (χ1) is 18.3. The minimum absolute atomic E-state index is 0.0564. The van der Waals surface area contributed by atoms with Gasteiger partial charge in [-0.3, -0.25) is 9.10 Å². The van der Waals surface area contributed by atoms with E-state index in [1.807, 2.05) is 43.3 Å². The molecule has 0 aliphatic rings.